The van der Waals surface area contributed by atoms with Crippen LogP contribution in [0.1, 0.15) is 56.4 Å². The Labute approximate surface area is 175 Å². The highest BCUT2D eigenvalue weighted by atomic mass is 16.2. The maximum atomic E-state index is 13.3. The summed E-state index contributed by atoms with van der Waals surface area (Å²) < 4.78 is 0. The number of carbonyl (C=O) groups is 2. The quantitative estimate of drug-likeness (QED) is 0.748. The predicted molar refractivity (Wildman–Crippen MR) is 119 cm³/mol. The van der Waals surface area contributed by atoms with Crippen LogP contribution >= 0.6 is 0 Å². The Morgan fingerprint density at radius 1 is 0.966 bits per heavy atom. The molecule has 2 aromatic rings. The van der Waals surface area contributed by atoms with E-state index >= 15 is 0 Å². The number of carbonyl (C=O) groups excluding carboxylic acids is 2. The number of nitrogens with one attached hydrogen (secondary N) is 1. The Bertz CT molecular complexity index is 835. The van der Waals surface area contributed by atoms with Crippen LogP contribution in [-0.2, 0) is 22.6 Å². The van der Waals surface area contributed by atoms with Gasteiger partial charge in [0.15, 0.2) is 0 Å². The van der Waals surface area contributed by atoms with Gasteiger partial charge in [0, 0.05) is 12.1 Å². The minimum Gasteiger partial charge on any atom is -0.350 e. The van der Waals surface area contributed by atoms with E-state index < -0.39 is 6.04 Å². The molecule has 0 aliphatic rings. The minimum absolute atomic E-state index is 0.0359. The summed E-state index contributed by atoms with van der Waals surface area (Å²) in [6, 6.07) is 15.6. The van der Waals surface area contributed by atoms with Crippen LogP contribution in [0.15, 0.2) is 48.5 Å². The number of hydrogen-bond donors (Lipinski definition) is 1. The van der Waals surface area contributed by atoms with E-state index in [-0.39, 0.29) is 23.8 Å². The highest BCUT2D eigenvalue weighted by Crippen LogP contribution is 2.17. The first kappa shape index (κ1) is 22.7. The third-order valence-corrected chi connectivity index (χ3v) is 4.80. The van der Waals surface area contributed by atoms with Gasteiger partial charge in [0.1, 0.15) is 6.04 Å². The van der Waals surface area contributed by atoms with Crippen molar-refractivity contribution < 1.29 is 9.59 Å². The molecule has 0 saturated carbocycles. The molecule has 4 nitrogen and oxygen atoms in total. The summed E-state index contributed by atoms with van der Waals surface area (Å²) in [5, 5.41) is 3.04. The summed E-state index contributed by atoms with van der Waals surface area (Å²) in [4.78, 5) is 28.0. The molecule has 0 spiro atoms. The number of nitrogens with zero attached hydrogens (tertiary/aromatic N) is 1. The second-order valence-electron chi connectivity index (χ2n) is 8.84. The molecular weight excluding hydrogens is 360 g/mol. The molecule has 0 saturated heterocycles. The van der Waals surface area contributed by atoms with Crippen molar-refractivity contribution in [3.63, 3.8) is 0 Å². The summed E-state index contributed by atoms with van der Waals surface area (Å²) >= 11 is 0. The molecule has 2 amide bonds. The Kier molecular flexibility index (Phi) is 7.60. The van der Waals surface area contributed by atoms with Crippen LogP contribution < -0.4 is 5.32 Å². The first-order valence-corrected chi connectivity index (χ1v) is 10.3. The fourth-order valence-electron chi connectivity index (χ4n) is 3.36. The number of hydrogen-bond acceptors (Lipinski definition) is 2. The molecule has 2 aromatic carbocycles. The van der Waals surface area contributed by atoms with Crippen molar-refractivity contribution in [2.24, 2.45) is 0 Å². The van der Waals surface area contributed by atoms with Gasteiger partial charge in [-0.05, 0) is 52.2 Å². The minimum atomic E-state index is -0.507. The van der Waals surface area contributed by atoms with Crippen LogP contribution in [0.5, 0.6) is 0 Å². The molecule has 156 valence electrons. The zero-order chi connectivity index (χ0) is 21.6. The molecule has 0 radical (unpaired) electrons. The van der Waals surface area contributed by atoms with Gasteiger partial charge in [0.05, 0.1) is 6.42 Å². The molecule has 0 aliphatic carbocycles. The van der Waals surface area contributed by atoms with Gasteiger partial charge in [-0.2, -0.15) is 0 Å². The first-order chi connectivity index (χ1) is 13.6. The van der Waals surface area contributed by atoms with E-state index in [2.05, 4.69) is 11.4 Å². The van der Waals surface area contributed by atoms with Gasteiger partial charge < -0.3 is 10.2 Å². The zero-order valence-electron chi connectivity index (χ0n) is 18.6. The van der Waals surface area contributed by atoms with Gasteiger partial charge in [-0.15, -0.1) is 0 Å². The lowest BCUT2D eigenvalue weighted by molar-refractivity contribution is -0.141. The Hall–Kier alpha value is -2.62. The van der Waals surface area contributed by atoms with E-state index in [1.54, 1.807) is 4.90 Å². The normalized spacial score (nSPS) is 12.3. The van der Waals surface area contributed by atoms with Gasteiger partial charge in [-0.25, -0.2) is 0 Å². The molecular formula is C25H34N2O2. The van der Waals surface area contributed by atoms with Gasteiger partial charge in [-0.1, -0.05) is 66.6 Å². The monoisotopic (exact) mass is 394 g/mol. The molecule has 0 bridgehead atoms. The van der Waals surface area contributed by atoms with Crippen molar-refractivity contribution in [1.29, 1.82) is 0 Å². The van der Waals surface area contributed by atoms with Crippen LogP contribution in [0, 0.1) is 13.8 Å². The molecule has 0 aliphatic heterocycles. The summed E-state index contributed by atoms with van der Waals surface area (Å²) in [5.41, 5.74) is 3.94. The first-order valence-electron chi connectivity index (χ1n) is 10.3. The lowest BCUT2D eigenvalue weighted by atomic mass is 10.0. The summed E-state index contributed by atoms with van der Waals surface area (Å²) in [6.45, 7) is 12.3. The van der Waals surface area contributed by atoms with E-state index in [1.807, 2.05) is 84.0 Å². The number of rotatable bonds is 7. The number of aryl methyl sites for hydroxylation is 2. The highest BCUT2D eigenvalue weighted by molar-refractivity contribution is 5.88. The van der Waals surface area contributed by atoms with Crippen LogP contribution in [0.25, 0.3) is 0 Å². The molecule has 29 heavy (non-hydrogen) atoms. The van der Waals surface area contributed by atoms with E-state index in [9.17, 15) is 9.59 Å². The molecule has 2 rings (SSSR count). The van der Waals surface area contributed by atoms with Gasteiger partial charge >= 0.3 is 0 Å². The summed E-state index contributed by atoms with van der Waals surface area (Å²) in [6.07, 6.45) is 0.846. The average Bonchev–Trinajstić information content (AvgIpc) is 2.62. The van der Waals surface area contributed by atoms with Crippen molar-refractivity contribution in [1.82, 2.24) is 10.2 Å². The third kappa shape index (κ3) is 7.04. The van der Waals surface area contributed by atoms with Crippen molar-refractivity contribution >= 4 is 11.8 Å². The molecule has 0 aromatic heterocycles. The second-order valence-corrected chi connectivity index (χ2v) is 8.84. The molecule has 0 unspecified atom stereocenters. The van der Waals surface area contributed by atoms with E-state index in [4.69, 9.17) is 0 Å². The fraction of sp³-hybridized carbons (Fsp3) is 0.440. The van der Waals surface area contributed by atoms with Gasteiger partial charge in [-0.3, -0.25) is 9.59 Å². The molecule has 1 N–H and O–H groups in total. The maximum absolute atomic E-state index is 13.3. The van der Waals surface area contributed by atoms with E-state index in [1.165, 1.54) is 0 Å². The number of benzene rings is 2. The Morgan fingerprint density at radius 2 is 1.62 bits per heavy atom. The van der Waals surface area contributed by atoms with Crippen LogP contribution in [0.3, 0.4) is 0 Å². The van der Waals surface area contributed by atoms with Crippen LogP contribution in [0.4, 0.5) is 0 Å². The second kappa shape index (κ2) is 9.73. The van der Waals surface area contributed by atoms with Crippen molar-refractivity contribution in [3.05, 3.63) is 70.8 Å². The average molecular weight is 395 g/mol. The van der Waals surface area contributed by atoms with Crippen LogP contribution in [0.2, 0.25) is 0 Å². The molecule has 4 heteroatoms. The fourth-order valence-corrected chi connectivity index (χ4v) is 3.36. The molecule has 0 fully saturated rings. The topological polar surface area (TPSA) is 49.4 Å². The lowest BCUT2D eigenvalue weighted by Gasteiger charge is -2.33. The van der Waals surface area contributed by atoms with Gasteiger partial charge in [0.2, 0.25) is 11.8 Å². The summed E-state index contributed by atoms with van der Waals surface area (Å²) in [7, 11) is 0. The van der Waals surface area contributed by atoms with Crippen molar-refractivity contribution in [2.75, 3.05) is 0 Å². The number of amides is 2. The molecule has 0 heterocycles. The van der Waals surface area contributed by atoms with E-state index in [0.29, 0.717) is 13.0 Å². The Morgan fingerprint density at radius 3 is 2.17 bits per heavy atom. The maximum Gasteiger partial charge on any atom is 0.243 e. The van der Waals surface area contributed by atoms with Crippen molar-refractivity contribution in [3.8, 4) is 0 Å². The highest BCUT2D eigenvalue weighted by Gasteiger charge is 2.30. The SMILES string of the molecule is CC[C@@H](C(=O)NC(C)(C)C)N(Cc1cccc(C)c1)C(=O)Cc1ccc(C)cc1. The third-order valence-electron chi connectivity index (χ3n) is 4.80. The zero-order valence-corrected chi connectivity index (χ0v) is 18.6. The van der Waals surface area contributed by atoms with Crippen LogP contribution in [-0.4, -0.2) is 28.3 Å². The standard InChI is InChI=1S/C25H34N2O2/c1-7-22(24(29)26-25(4,5)6)27(17-21-10-8-9-19(3)15-21)23(28)16-20-13-11-18(2)12-14-20/h8-15,22H,7,16-17H2,1-6H3,(H,26,29)/t22-/m0/s1. The Balaban J connectivity index is 2.30. The summed E-state index contributed by atoms with van der Waals surface area (Å²) in [5.74, 6) is -0.142. The smallest absolute Gasteiger partial charge is 0.243 e. The largest absolute Gasteiger partial charge is 0.350 e. The lowest BCUT2D eigenvalue weighted by Crippen LogP contribution is -2.53. The molecule has 1 atom stereocenters. The predicted octanol–water partition coefficient (Wildman–Crippen LogP) is 4.57. The van der Waals surface area contributed by atoms with Gasteiger partial charge in [0.25, 0.3) is 0 Å². The van der Waals surface area contributed by atoms with E-state index in [0.717, 1.165) is 22.3 Å². The van der Waals surface area contributed by atoms with Crippen molar-refractivity contribution in [2.45, 2.75) is 72.5 Å².